The molecule has 0 saturated heterocycles. The van der Waals surface area contributed by atoms with Gasteiger partial charge in [-0.1, -0.05) is 12.1 Å². The van der Waals surface area contributed by atoms with Gasteiger partial charge in [-0.15, -0.1) is 11.3 Å². The second-order valence-electron chi connectivity index (χ2n) is 6.03. The molecule has 0 atom stereocenters. The van der Waals surface area contributed by atoms with Crippen molar-refractivity contribution in [3.05, 3.63) is 75.4 Å². The molecule has 0 spiro atoms. The third-order valence-corrected chi connectivity index (χ3v) is 5.33. The Hall–Kier alpha value is -2.40. The van der Waals surface area contributed by atoms with Crippen molar-refractivity contribution in [2.45, 2.75) is 19.4 Å². The van der Waals surface area contributed by atoms with Crippen molar-refractivity contribution in [3.63, 3.8) is 0 Å². The fraction of sp³-hybridized carbons (Fsp3) is 0.263. The molecule has 122 valence electrons. The number of hydrogen-bond donors (Lipinski definition) is 1. The van der Waals surface area contributed by atoms with Crippen LogP contribution in [0.4, 0.5) is 0 Å². The van der Waals surface area contributed by atoms with E-state index in [4.69, 9.17) is 0 Å². The highest BCUT2D eigenvalue weighted by atomic mass is 32.1. The molecular formula is C19H19N3OS. The van der Waals surface area contributed by atoms with Gasteiger partial charge in [-0.2, -0.15) is 0 Å². The summed E-state index contributed by atoms with van der Waals surface area (Å²) in [6.07, 6.45) is 10.2. The van der Waals surface area contributed by atoms with E-state index in [0.717, 1.165) is 36.5 Å². The van der Waals surface area contributed by atoms with E-state index >= 15 is 0 Å². The van der Waals surface area contributed by atoms with E-state index in [9.17, 15) is 4.79 Å². The van der Waals surface area contributed by atoms with E-state index in [1.54, 1.807) is 17.5 Å². The summed E-state index contributed by atoms with van der Waals surface area (Å²) in [5.74, 6) is -0.0289. The van der Waals surface area contributed by atoms with Gasteiger partial charge in [0.1, 0.15) is 5.01 Å². The van der Waals surface area contributed by atoms with Gasteiger partial charge >= 0.3 is 0 Å². The lowest BCUT2D eigenvalue weighted by atomic mass is 10.00. The molecule has 1 aliphatic heterocycles. The third-order valence-electron chi connectivity index (χ3n) is 4.55. The Bertz CT molecular complexity index is 808. The zero-order valence-corrected chi connectivity index (χ0v) is 14.2. The first-order valence-electron chi connectivity index (χ1n) is 8.21. The summed E-state index contributed by atoms with van der Waals surface area (Å²) in [5.41, 5.74) is 4.71. The second-order valence-corrected chi connectivity index (χ2v) is 7.01. The molecule has 5 heteroatoms. The van der Waals surface area contributed by atoms with Crippen LogP contribution in [-0.4, -0.2) is 28.9 Å². The Kier molecular flexibility index (Phi) is 4.17. The minimum Gasteiger partial charge on any atom is -0.371 e. The van der Waals surface area contributed by atoms with E-state index in [0.29, 0.717) is 6.54 Å². The third kappa shape index (κ3) is 3.12. The van der Waals surface area contributed by atoms with E-state index in [2.05, 4.69) is 45.6 Å². The van der Waals surface area contributed by atoms with E-state index < -0.39 is 0 Å². The van der Waals surface area contributed by atoms with E-state index in [-0.39, 0.29) is 5.91 Å². The summed E-state index contributed by atoms with van der Waals surface area (Å²) in [7, 11) is 0. The van der Waals surface area contributed by atoms with Gasteiger partial charge in [0.2, 0.25) is 0 Å². The molecule has 0 fully saturated rings. The van der Waals surface area contributed by atoms with Crippen LogP contribution >= 0.6 is 11.3 Å². The lowest BCUT2D eigenvalue weighted by Crippen LogP contribution is -2.26. The van der Waals surface area contributed by atoms with Crippen molar-refractivity contribution in [1.82, 2.24) is 15.2 Å². The molecule has 1 aliphatic carbocycles. The molecule has 2 aliphatic rings. The van der Waals surface area contributed by atoms with Crippen molar-refractivity contribution in [2.75, 3.05) is 13.1 Å². The zero-order valence-electron chi connectivity index (χ0n) is 13.4. The van der Waals surface area contributed by atoms with Crippen LogP contribution in [0.15, 0.2) is 53.7 Å². The highest BCUT2D eigenvalue weighted by Crippen LogP contribution is 2.22. The van der Waals surface area contributed by atoms with Crippen LogP contribution < -0.4 is 5.32 Å². The van der Waals surface area contributed by atoms with E-state index in [1.807, 2.05) is 11.4 Å². The van der Waals surface area contributed by atoms with Gasteiger partial charge in [-0.25, -0.2) is 4.98 Å². The molecule has 1 N–H and O–H groups in total. The van der Waals surface area contributed by atoms with Gasteiger partial charge in [-0.05, 0) is 48.3 Å². The maximum absolute atomic E-state index is 12.4. The topological polar surface area (TPSA) is 45.2 Å². The lowest BCUT2D eigenvalue weighted by Gasteiger charge is -2.26. The first-order chi connectivity index (χ1) is 11.8. The maximum Gasteiger partial charge on any atom is 0.251 e. The van der Waals surface area contributed by atoms with Crippen molar-refractivity contribution < 1.29 is 4.79 Å². The summed E-state index contributed by atoms with van der Waals surface area (Å²) in [6.45, 7) is 2.54. The highest BCUT2D eigenvalue weighted by molar-refractivity contribution is 7.09. The average molecular weight is 337 g/mol. The lowest BCUT2D eigenvalue weighted by molar-refractivity contribution is 0.0951. The van der Waals surface area contributed by atoms with Crippen LogP contribution in [0.3, 0.4) is 0 Å². The number of aromatic nitrogens is 1. The number of hydrogen-bond acceptors (Lipinski definition) is 4. The van der Waals surface area contributed by atoms with Crippen LogP contribution in [-0.2, 0) is 19.4 Å². The average Bonchev–Trinajstić information content (AvgIpc) is 2.99. The van der Waals surface area contributed by atoms with E-state index in [1.165, 1.54) is 16.8 Å². The fourth-order valence-electron chi connectivity index (χ4n) is 3.12. The molecule has 2 aromatic rings. The Balaban J connectivity index is 1.43. The van der Waals surface area contributed by atoms with Crippen molar-refractivity contribution in [2.24, 2.45) is 0 Å². The normalized spacial score (nSPS) is 16.0. The minimum atomic E-state index is -0.0289. The molecule has 4 rings (SSSR count). The Morgan fingerprint density at radius 2 is 2.08 bits per heavy atom. The summed E-state index contributed by atoms with van der Waals surface area (Å²) in [5, 5.41) is 5.79. The number of carbonyl (C=O) groups is 1. The predicted molar refractivity (Wildman–Crippen MR) is 95.9 cm³/mol. The molecule has 0 bridgehead atoms. The highest BCUT2D eigenvalue weighted by Gasteiger charge is 2.17. The number of allylic oxidation sites excluding steroid dienone is 3. The fourth-order valence-corrected chi connectivity index (χ4v) is 3.67. The number of amides is 1. The second kappa shape index (κ2) is 6.61. The molecule has 1 aromatic carbocycles. The summed E-state index contributed by atoms with van der Waals surface area (Å²) < 4.78 is 0. The van der Waals surface area contributed by atoms with Crippen LogP contribution in [0.25, 0.3) is 0 Å². The van der Waals surface area contributed by atoms with Crippen molar-refractivity contribution in [1.29, 1.82) is 0 Å². The Labute approximate surface area is 145 Å². The van der Waals surface area contributed by atoms with Gasteiger partial charge in [0.05, 0.1) is 6.54 Å². The SMILES string of the molecule is O=C(NCc1nccs1)c1ccc2c(c1)CCN(C1=CC=C1)CC2. The van der Waals surface area contributed by atoms with Crippen LogP contribution in [0, 0.1) is 0 Å². The first-order valence-corrected chi connectivity index (χ1v) is 9.09. The summed E-state index contributed by atoms with van der Waals surface area (Å²) in [4.78, 5) is 19.0. The quantitative estimate of drug-likeness (QED) is 0.933. The van der Waals surface area contributed by atoms with Gasteiger partial charge in [0, 0.05) is 35.9 Å². The summed E-state index contributed by atoms with van der Waals surface area (Å²) in [6, 6.07) is 6.11. The van der Waals surface area contributed by atoms with Gasteiger partial charge in [0.15, 0.2) is 0 Å². The molecule has 24 heavy (non-hydrogen) atoms. The van der Waals surface area contributed by atoms with Crippen molar-refractivity contribution >= 4 is 17.2 Å². The van der Waals surface area contributed by atoms with Crippen molar-refractivity contribution in [3.8, 4) is 0 Å². The smallest absolute Gasteiger partial charge is 0.251 e. The standard InChI is InChI=1S/C19H19N3OS/c23-19(21-13-18-20-8-11-24-18)16-5-4-14-6-9-22(17-2-1-3-17)10-7-15(14)12-16/h1-5,8,11-12H,6-7,9-10,13H2,(H,21,23). The zero-order chi connectivity index (χ0) is 16.4. The molecule has 0 saturated carbocycles. The number of thiazole rings is 1. The van der Waals surface area contributed by atoms with Gasteiger partial charge in [-0.3, -0.25) is 4.79 Å². The summed E-state index contributed by atoms with van der Waals surface area (Å²) >= 11 is 1.55. The predicted octanol–water partition coefficient (Wildman–Crippen LogP) is 2.93. The number of carbonyl (C=O) groups excluding carboxylic acids is 1. The molecular weight excluding hydrogens is 318 g/mol. The number of fused-ring (bicyclic) bond motifs is 1. The largest absolute Gasteiger partial charge is 0.371 e. The number of rotatable bonds is 4. The molecule has 1 aromatic heterocycles. The van der Waals surface area contributed by atoms with Crippen LogP contribution in [0.1, 0.15) is 26.5 Å². The maximum atomic E-state index is 12.4. The molecule has 4 nitrogen and oxygen atoms in total. The molecule has 2 heterocycles. The monoisotopic (exact) mass is 337 g/mol. The van der Waals surface area contributed by atoms with Crippen LogP contribution in [0.2, 0.25) is 0 Å². The minimum absolute atomic E-state index is 0.0289. The molecule has 0 radical (unpaired) electrons. The Morgan fingerprint density at radius 3 is 2.79 bits per heavy atom. The molecule has 0 unspecified atom stereocenters. The number of nitrogens with zero attached hydrogens (tertiary/aromatic N) is 2. The number of benzene rings is 1. The van der Waals surface area contributed by atoms with Gasteiger partial charge in [0.25, 0.3) is 5.91 Å². The van der Waals surface area contributed by atoms with Gasteiger partial charge < -0.3 is 10.2 Å². The molecule has 1 amide bonds. The first kappa shape index (κ1) is 15.1. The Morgan fingerprint density at radius 1 is 1.25 bits per heavy atom. The number of nitrogens with one attached hydrogen (secondary N) is 1. The van der Waals surface area contributed by atoms with Crippen LogP contribution in [0.5, 0.6) is 0 Å².